The van der Waals surface area contributed by atoms with Crippen molar-refractivity contribution in [1.82, 2.24) is 0 Å². The first-order valence-electron chi connectivity index (χ1n) is 7.35. The van der Waals surface area contributed by atoms with Gasteiger partial charge < -0.3 is 5.32 Å². The van der Waals surface area contributed by atoms with Gasteiger partial charge in [-0.3, -0.25) is 4.31 Å². The summed E-state index contributed by atoms with van der Waals surface area (Å²) in [5, 5.41) is 3.28. The second-order valence-corrected chi connectivity index (χ2v) is 7.57. The summed E-state index contributed by atoms with van der Waals surface area (Å²) in [5.41, 5.74) is 4.32. The van der Waals surface area contributed by atoms with E-state index in [9.17, 15) is 8.42 Å². The second kappa shape index (κ2) is 5.32. The number of hydrogen-bond donors (Lipinski definition) is 1. The summed E-state index contributed by atoms with van der Waals surface area (Å²) in [6.07, 6.45) is 0. The number of aryl methyl sites for hydroxylation is 3. The van der Waals surface area contributed by atoms with Gasteiger partial charge in [0.1, 0.15) is 0 Å². The molecule has 0 radical (unpaired) electrons. The van der Waals surface area contributed by atoms with E-state index in [0.717, 1.165) is 28.1 Å². The molecule has 22 heavy (non-hydrogen) atoms. The Morgan fingerprint density at radius 2 is 1.82 bits per heavy atom. The first-order chi connectivity index (χ1) is 10.4. The van der Waals surface area contributed by atoms with Crippen LogP contribution in [0.5, 0.6) is 0 Å². The largest absolute Gasteiger partial charge is 0.382 e. The molecule has 0 aliphatic carbocycles. The lowest BCUT2D eigenvalue weighted by Gasteiger charge is -2.33. The molecule has 0 saturated carbocycles. The molecule has 0 aromatic heterocycles. The molecular formula is C17H20N2O2S. The molecule has 1 heterocycles. The van der Waals surface area contributed by atoms with E-state index in [1.165, 1.54) is 4.31 Å². The van der Waals surface area contributed by atoms with Gasteiger partial charge >= 0.3 is 0 Å². The molecule has 0 bridgehead atoms. The Morgan fingerprint density at radius 3 is 2.59 bits per heavy atom. The van der Waals surface area contributed by atoms with Crippen molar-refractivity contribution in [2.75, 3.05) is 22.7 Å². The van der Waals surface area contributed by atoms with Gasteiger partial charge in [-0.15, -0.1) is 0 Å². The molecule has 0 amide bonds. The summed E-state index contributed by atoms with van der Waals surface area (Å²) in [6.45, 7) is 6.74. The van der Waals surface area contributed by atoms with Gasteiger partial charge in [0.15, 0.2) is 0 Å². The van der Waals surface area contributed by atoms with Crippen molar-refractivity contribution in [3.05, 3.63) is 53.1 Å². The van der Waals surface area contributed by atoms with Crippen LogP contribution >= 0.6 is 0 Å². The number of nitrogens with one attached hydrogen (secondary N) is 1. The van der Waals surface area contributed by atoms with E-state index in [0.29, 0.717) is 18.0 Å². The number of fused-ring (bicyclic) bond motifs is 1. The summed E-state index contributed by atoms with van der Waals surface area (Å²) < 4.78 is 27.9. The van der Waals surface area contributed by atoms with Crippen molar-refractivity contribution in [2.45, 2.75) is 25.7 Å². The predicted molar refractivity (Wildman–Crippen MR) is 90.1 cm³/mol. The van der Waals surface area contributed by atoms with Crippen molar-refractivity contribution >= 4 is 21.4 Å². The fourth-order valence-electron chi connectivity index (χ4n) is 2.88. The highest BCUT2D eigenvalue weighted by molar-refractivity contribution is 7.93. The minimum absolute atomic E-state index is 0.392. The molecule has 1 N–H and O–H groups in total. The lowest BCUT2D eigenvalue weighted by molar-refractivity contribution is 0.590. The highest BCUT2D eigenvalue weighted by Crippen LogP contribution is 2.36. The third-order valence-electron chi connectivity index (χ3n) is 4.03. The molecule has 0 spiro atoms. The number of para-hydroxylation sites is 1. The number of benzene rings is 2. The Bertz CT molecular complexity index is 829. The molecule has 1 aliphatic heterocycles. The fraction of sp³-hybridized carbons (Fsp3) is 0.294. The number of hydrogen-bond acceptors (Lipinski definition) is 3. The maximum atomic E-state index is 13.2. The van der Waals surface area contributed by atoms with Gasteiger partial charge in [-0.1, -0.05) is 24.3 Å². The Balaban J connectivity index is 2.18. The molecule has 5 heteroatoms. The quantitative estimate of drug-likeness (QED) is 0.925. The average molecular weight is 316 g/mol. The van der Waals surface area contributed by atoms with Crippen LogP contribution in [-0.4, -0.2) is 21.5 Å². The van der Waals surface area contributed by atoms with Crippen LogP contribution in [0.15, 0.2) is 41.3 Å². The number of nitrogens with zero attached hydrogens (tertiary/aromatic N) is 1. The molecule has 0 saturated heterocycles. The van der Waals surface area contributed by atoms with Crippen molar-refractivity contribution in [2.24, 2.45) is 0 Å². The second-order valence-electron chi connectivity index (χ2n) is 5.74. The monoisotopic (exact) mass is 316 g/mol. The van der Waals surface area contributed by atoms with E-state index in [1.807, 2.05) is 51.1 Å². The van der Waals surface area contributed by atoms with Gasteiger partial charge in [0, 0.05) is 6.54 Å². The first kappa shape index (κ1) is 14.9. The summed E-state index contributed by atoms with van der Waals surface area (Å²) >= 11 is 0. The third kappa shape index (κ3) is 2.35. The summed E-state index contributed by atoms with van der Waals surface area (Å²) in [5.74, 6) is 0. The van der Waals surface area contributed by atoms with E-state index in [-0.39, 0.29) is 0 Å². The zero-order valence-corrected chi connectivity index (χ0v) is 13.9. The van der Waals surface area contributed by atoms with Crippen molar-refractivity contribution in [3.8, 4) is 0 Å². The summed E-state index contributed by atoms with van der Waals surface area (Å²) in [4.78, 5) is 0.392. The smallest absolute Gasteiger partial charge is 0.264 e. The zero-order chi connectivity index (χ0) is 15.9. The van der Waals surface area contributed by atoms with Crippen LogP contribution in [0.25, 0.3) is 0 Å². The van der Waals surface area contributed by atoms with Crippen LogP contribution in [-0.2, 0) is 10.0 Å². The van der Waals surface area contributed by atoms with E-state index in [1.54, 1.807) is 6.07 Å². The molecule has 3 rings (SSSR count). The van der Waals surface area contributed by atoms with E-state index < -0.39 is 10.0 Å². The number of rotatable bonds is 2. The maximum Gasteiger partial charge on any atom is 0.264 e. The fourth-order valence-corrected chi connectivity index (χ4v) is 4.74. The Morgan fingerprint density at radius 1 is 1.05 bits per heavy atom. The molecular weight excluding hydrogens is 296 g/mol. The standard InChI is InChI=1S/C17H20N2O2S/c1-12-7-8-13(2)16(11-12)22(20,21)19-10-9-18-15-6-4-5-14(3)17(15)19/h4-8,11,18H,9-10H2,1-3H3. The molecule has 116 valence electrons. The molecule has 4 nitrogen and oxygen atoms in total. The molecule has 0 fully saturated rings. The van der Waals surface area contributed by atoms with Gasteiger partial charge in [-0.25, -0.2) is 8.42 Å². The van der Waals surface area contributed by atoms with Gasteiger partial charge in [-0.05, 0) is 49.6 Å². The van der Waals surface area contributed by atoms with Crippen molar-refractivity contribution in [3.63, 3.8) is 0 Å². The zero-order valence-electron chi connectivity index (χ0n) is 13.1. The van der Waals surface area contributed by atoms with Crippen LogP contribution in [0.4, 0.5) is 11.4 Å². The van der Waals surface area contributed by atoms with Crippen molar-refractivity contribution in [1.29, 1.82) is 0 Å². The Labute approximate surface area is 131 Å². The highest BCUT2D eigenvalue weighted by atomic mass is 32.2. The topological polar surface area (TPSA) is 49.4 Å². The van der Waals surface area contributed by atoms with E-state index in [2.05, 4.69) is 5.32 Å². The van der Waals surface area contributed by atoms with Crippen LogP contribution in [0.1, 0.15) is 16.7 Å². The van der Waals surface area contributed by atoms with E-state index in [4.69, 9.17) is 0 Å². The van der Waals surface area contributed by atoms with Crippen LogP contribution in [0, 0.1) is 20.8 Å². The lowest BCUT2D eigenvalue weighted by Crippen LogP contribution is -2.39. The van der Waals surface area contributed by atoms with Crippen molar-refractivity contribution < 1.29 is 8.42 Å². The third-order valence-corrected chi connectivity index (χ3v) is 5.97. The Kier molecular flexibility index (Phi) is 3.60. The molecule has 0 atom stereocenters. The number of sulfonamides is 1. The molecule has 1 aliphatic rings. The first-order valence-corrected chi connectivity index (χ1v) is 8.79. The maximum absolute atomic E-state index is 13.2. The summed E-state index contributed by atoms with van der Waals surface area (Å²) in [6, 6.07) is 11.4. The van der Waals surface area contributed by atoms with Gasteiger partial charge in [0.2, 0.25) is 0 Å². The average Bonchev–Trinajstić information content (AvgIpc) is 2.49. The summed E-state index contributed by atoms with van der Waals surface area (Å²) in [7, 11) is -3.56. The lowest BCUT2D eigenvalue weighted by atomic mass is 10.1. The SMILES string of the molecule is Cc1ccc(C)c(S(=O)(=O)N2CCNc3cccc(C)c32)c1. The molecule has 2 aromatic rings. The van der Waals surface area contributed by atoms with Gasteiger partial charge in [0.05, 0.1) is 22.8 Å². The minimum atomic E-state index is -3.56. The van der Waals surface area contributed by atoms with Crippen LogP contribution in [0.2, 0.25) is 0 Å². The van der Waals surface area contributed by atoms with Gasteiger partial charge in [0.25, 0.3) is 10.0 Å². The van der Waals surface area contributed by atoms with Crippen LogP contribution < -0.4 is 9.62 Å². The minimum Gasteiger partial charge on any atom is -0.382 e. The predicted octanol–water partition coefficient (Wildman–Crippen LogP) is 3.23. The van der Waals surface area contributed by atoms with Crippen LogP contribution in [0.3, 0.4) is 0 Å². The van der Waals surface area contributed by atoms with E-state index >= 15 is 0 Å². The Hall–Kier alpha value is -2.01. The normalized spacial score (nSPS) is 14.4. The molecule has 0 unspecified atom stereocenters. The van der Waals surface area contributed by atoms with Gasteiger partial charge in [-0.2, -0.15) is 0 Å². The highest BCUT2D eigenvalue weighted by Gasteiger charge is 2.31. The molecule has 2 aromatic carbocycles. The number of anilines is 2.